The average molecular weight is 299 g/mol. The lowest BCUT2D eigenvalue weighted by molar-refractivity contribution is 0.657. The van der Waals surface area contributed by atoms with Crippen molar-refractivity contribution in [3.8, 4) is 0 Å². The SMILES string of the molecule is Cc1ncc(C(C)CCN(C)c2ncc(C(C)C)cn2)cn1. The van der Waals surface area contributed by atoms with Crippen LogP contribution in [0.5, 0.6) is 0 Å². The zero-order chi connectivity index (χ0) is 16.1. The summed E-state index contributed by atoms with van der Waals surface area (Å²) in [6, 6.07) is 0. The Morgan fingerprint density at radius 3 is 2.00 bits per heavy atom. The molecule has 0 spiro atoms. The third-order valence-corrected chi connectivity index (χ3v) is 3.93. The van der Waals surface area contributed by atoms with E-state index in [0.717, 1.165) is 24.7 Å². The number of aryl methyl sites for hydroxylation is 1. The normalized spacial score (nSPS) is 12.5. The van der Waals surface area contributed by atoms with Crippen LogP contribution in [0.3, 0.4) is 0 Å². The van der Waals surface area contributed by atoms with Gasteiger partial charge in [-0.15, -0.1) is 0 Å². The zero-order valence-electron chi connectivity index (χ0n) is 14.1. The molecule has 0 N–H and O–H groups in total. The van der Waals surface area contributed by atoms with Crippen LogP contribution in [0.1, 0.15) is 56.0 Å². The molecule has 2 aromatic heterocycles. The highest BCUT2D eigenvalue weighted by molar-refractivity contribution is 5.29. The Hall–Kier alpha value is -2.04. The fourth-order valence-electron chi connectivity index (χ4n) is 2.14. The van der Waals surface area contributed by atoms with Gasteiger partial charge in [0.2, 0.25) is 5.95 Å². The van der Waals surface area contributed by atoms with Gasteiger partial charge in [-0.25, -0.2) is 19.9 Å². The summed E-state index contributed by atoms with van der Waals surface area (Å²) in [4.78, 5) is 19.5. The van der Waals surface area contributed by atoms with E-state index in [-0.39, 0.29) is 0 Å². The van der Waals surface area contributed by atoms with E-state index in [0.29, 0.717) is 11.8 Å². The average Bonchev–Trinajstić information content (AvgIpc) is 2.53. The highest BCUT2D eigenvalue weighted by atomic mass is 15.2. The Labute approximate surface area is 132 Å². The van der Waals surface area contributed by atoms with Crippen LogP contribution in [0.4, 0.5) is 5.95 Å². The lowest BCUT2D eigenvalue weighted by atomic mass is 10.0. The molecule has 0 saturated heterocycles. The maximum atomic E-state index is 4.45. The standard InChI is InChI=1S/C17H25N5/c1-12(2)15-8-20-17(21-9-15)22(5)7-6-13(3)16-10-18-14(4)19-11-16/h8-13H,6-7H2,1-5H3. The summed E-state index contributed by atoms with van der Waals surface area (Å²) in [6.07, 6.45) is 8.68. The fourth-order valence-corrected chi connectivity index (χ4v) is 2.14. The molecule has 1 atom stereocenters. The largest absolute Gasteiger partial charge is 0.344 e. The summed E-state index contributed by atoms with van der Waals surface area (Å²) in [7, 11) is 2.03. The van der Waals surface area contributed by atoms with E-state index in [1.165, 1.54) is 11.1 Å². The number of rotatable bonds is 6. The van der Waals surface area contributed by atoms with Crippen LogP contribution in [0.2, 0.25) is 0 Å². The molecule has 0 saturated carbocycles. The van der Waals surface area contributed by atoms with Crippen LogP contribution in [-0.2, 0) is 0 Å². The number of aromatic nitrogens is 4. The Morgan fingerprint density at radius 2 is 1.45 bits per heavy atom. The van der Waals surface area contributed by atoms with Crippen molar-refractivity contribution in [3.63, 3.8) is 0 Å². The Morgan fingerprint density at radius 1 is 0.909 bits per heavy atom. The second-order valence-corrected chi connectivity index (χ2v) is 6.15. The quantitative estimate of drug-likeness (QED) is 0.819. The highest BCUT2D eigenvalue weighted by Gasteiger charge is 2.10. The van der Waals surface area contributed by atoms with Crippen LogP contribution in [0.25, 0.3) is 0 Å². The summed E-state index contributed by atoms with van der Waals surface area (Å²) >= 11 is 0. The molecule has 2 heterocycles. The molecule has 0 bridgehead atoms. The number of anilines is 1. The van der Waals surface area contributed by atoms with Gasteiger partial charge in [0.25, 0.3) is 0 Å². The van der Waals surface area contributed by atoms with Crippen molar-refractivity contribution in [3.05, 3.63) is 41.7 Å². The molecule has 5 nitrogen and oxygen atoms in total. The van der Waals surface area contributed by atoms with Gasteiger partial charge in [0.1, 0.15) is 5.82 Å². The van der Waals surface area contributed by atoms with Gasteiger partial charge in [-0.2, -0.15) is 0 Å². The number of hydrogen-bond acceptors (Lipinski definition) is 5. The van der Waals surface area contributed by atoms with Gasteiger partial charge >= 0.3 is 0 Å². The molecule has 0 aliphatic heterocycles. The topological polar surface area (TPSA) is 54.8 Å². The molecule has 0 fully saturated rings. The first-order chi connectivity index (χ1) is 10.5. The van der Waals surface area contributed by atoms with Gasteiger partial charge < -0.3 is 4.90 Å². The van der Waals surface area contributed by atoms with E-state index < -0.39 is 0 Å². The maximum absolute atomic E-state index is 4.45. The first kappa shape index (κ1) is 16.3. The Bertz CT molecular complexity index is 577. The lowest BCUT2D eigenvalue weighted by Crippen LogP contribution is -2.22. The molecular formula is C17H25N5. The van der Waals surface area contributed by atoms with Crippen molar-refractivity contribution in [2.45, 2.75) is 46.0 Å². The van der Waals surface area contributed by atoms with E-state index in [4.69, 9.17) is 0 Å². The fraction of sp³-hybridized carbons (Fsp3) is 0.529. The number of hydrogen-bond donors (Lipinski definition) is 0. The molecule has 2 aromatic rings. The van der Waals surface area contributed by atoms with E-state index in [1.54, 1.807) is 0 Å². The van der Waals surface area contributed by atoms with Crippen molar-refractivity contribution >= 4 is 5.95 Å². The van der Waals surface area contributed by atoms with Gasteiger partial charge in [-0.1, -0.05) is 20.8 Å². The maximum Gasteiger partial charge on any atom is 0.224 e. The molecule has 118 valence electrons. The van der Waals surface area contributed by atoms with Gasteiger partial charge in [0, 0.05) is 38.4 Å². The van der Waals surface area contributed by atoms with E-state index >= 15 is 0 Å². The molecular weight excluding hydrogens is 274 g/mol. The molecule has 0 radical (unpaired) electrons. The minimum Gasteiger partial charge on any atom is -0.344 e. The minimum atomic E-state index is 0.415. The van der Waals surface area contributed by atoms with Crippen molar-refractivity contribution in [2.75, 3.05) is 18.5 Å². The molecule has 22 heavy (non-hydrogen) atoms. The van der Waals surface area contributed by atoms with Crippen LogP contribution in [0.15, 0.2) is 24.8 Å². The summed E-state index contributed by atoms with van der Waals surface area (Å²) in [5.41, 5.74) is 2.34. The third kappa shape index (κ3) is 4.23. The first-order valence-corrected chi connectivity index (χ1v) is 7.79. The van der Waals surface area contributed by atoms with E-state index in [1.807, 2.05) is 38.8 Å². The van der Waals surface area contributed by atoms with Crippen molar-refractivity contribution in [1.29, 1.82) is 0 Å². The Balaban J connectivity index is 1.91. The van der Waals surface area contributed by atoms with Gasteiger partial charge in [0.05, 0.1) is 0 Å². The molecule has 5 heteroatoms. The Kier molecular flexibility index (Phi) is 5.41. The van der Waals surface area contributed by atoms with Gasteiger partial charge in [0.15, 0.2) is 0 Å². The third-order valence-electron chi connectivity index (χ3n) is 3.93. The smallest absolute Gasteiger partial charge is 0.224 e. The van der Waals surface area contributed by atoms with Crippen molar-refractivity contribution in [1.82, 2.24) is 19.9 Å². The predicted octanol–water partition coefficient (Wildman–Crippen LogP) is 3.33. The first-order valence-electron chi connectivity index (χ1n) is 7.79. The number of nitrogens with zero attached hydrogens (tertiary/aromatic N) is 5. The molecule has 0 amide bonds. The van der Waals surface area contributed by atoms with Crippen LogP contribution >= 0.6 is 0 Å². The summed E-state index contributed by atoms with van der Waals surface area (Å²) in [5.74, 6) is 2.46. The molecule has 2 rings (SSSR count). The van der Waals surface area contributed by atoms with Crippen molar-refractivity contribution in [2.24, 2.45) is 0 Å². The van der Waals surface area contributed by atoms with Crippen molar-refractivity contribution < 1.29 is 0 Å². The zero-order valence-corrected chi connectivity index (χ0v) is 14.1. The summed E-state index contributed by atoms with van der Waals surface area (Å²) in [6.45, 7) is 9.29. The molecule has 0 aliphatic rings. The van der Waals surface area contributed by atoms with Crippen LogP contribution in [-0.4, -0.2) is 33.5 Å². The van der Waals surface area contributed by atoms with Gasteiger partial charge in [-0.3, -0.25) is 0 Å². The second-order valence-electron chi connectivity index (χ2n) is 6.15. The predicted molar refractivity (Wildman–Crippen MR) is 89.2 cm³/mol. The van der Waals surface area contributed by atoms with E-state index in [2.05, 4.69) is 45.6 Å². The lowest BCUT2D eigenvalue weighted by Gasteiger charge is -2.20. The van der Waals surface area contributed by atoms with E-state index in [9.17, 15) is 0 Å². The molecule has 0 aromatic carbocycles. The van der Waals surface area contributed by atoms with Crippen LogP contribution < -0.4 is 4.90 Å². The minimum absolute atomic E-state index is 0.415. The van der Waals surface area contributed by atoms with Crippen LogP contribution in [0, 0.1) is 6.92 Å². The highest BCUT2D eigenvalue weighted by Crippen LogP contribution is 2.19. The monoisotopic (exact) mass is 299 g/mol. The van der Waals surface area contributed by atoms with Gasteiger partial charge in [-0.05, 0) is 36.3 Å². The second kappa shape index (κ2) is 7.29. The summed E-state index contributed by atoms with van der Waals surface area (Å²) in [5, 5.41) is 0. The molecule has 0 aliphatic carbocycles. The molecule has 1 unspecified atom stereocenters. The summed E-state index contributed by atoms with van der Waals surface area (Å²) < 4.78 is 0.